The third-order valence-electron chi connectivity index (χ3n) is 4.01. The molecule has 5 nitrogen and oxygen atoms in total. The molecule has 0 saturated carbocycles. The maximum absolute atomic E-state index is 11.7. The number of carbonyl (C=O) groups excluding carboxylic acids is 1. The van der Waals surface area contributed by atoms with E-state index in [4.69, 9.17) is 10.5 Å². The lowest BCUT2D eigenvalue weighted by molar-refractivity contribution is -0.149. The van der Waals surface area contributed by atoms with Crippen molar-refractivity contribution in [1.82, 2.24) is 9.80 Å². The van der Waals surface area contributed by atoms with Crippen molar-refractivity contribution >= 4 is 5.97 Å². The van der Waals surface area contributed by atoms with Crippen LogP contribution in [0.15, 0.2) is 0 Å². The predicted octanol–water partition coefficient (Wildman–Crippen LogP) is 1.07. The summed E-state index contributed by atoms with van der Waals surface area (Å²) >= 11 is 0. The highest BCUT2D eigenvalue weighted by molar-refractivity contribution is 5.79. The van der Waals surface area contributed by atoms with Gasteiger partial charge in [0.05, 0.1) is 6.61 Å². The summed E-state index contributed by atoms with van der Waals surface area (Å²) in [5.74, 6) is -0.298. The van der Waals surface area contributed by atoms with Crippen LogP contribution in [-0.4, -0.2) is 66.2 Å². The zero-order valence-corrected chi connectivity index (χ0v) is 13.7. The van der Waals surface area contributed by atoms with E-state index in [-0.39, 0.29) is 11.5 Å². The molecule has 1 atom stereocenters. The summed E-state index contributed by atoms with van der Waals surface area (Å²) in [5, 5.41) is 0. The van der Waals surface area contributed by atoms with Gasteiger partial charge in [0.2, 0.25) is 0 Å². The lowest BCUT2D eigenvalue weighted by Gasteiger charge is -2.42. The van der Waals surface area contributed by atoms with Gasteiger partial charge in [0, 0.05) is 38.3 Å². The molecule has 1 rings (SSSR count). The topological polar surface area (TPSA) is 58.8 Å². The highest BCUT2D eigenvalue weighted by atomic mass is 16.5. The Hall–Kier alpha value is -0.650. The second-order valence-electron chi connectivity index (χ2n) is 6.89. The van der Waals surface area contributed by atoms with Crippen molar-refractivity contribution in [2.45, 2.75) is 52.1 Å². The minimum Gasteiger partial charge on any atom is -0.465 e. The van der Waals surface area contributed by atoms with E-state index in [1.54, 1.807) is 13.8 Å². The van der Waals surface area contributed by atoms with E-state index >= 15 is 0 Å². The summed E-state index contributed by atoms with van der Waals surface area (Å²) in [6.45, 7) is 15.8. The maximum atomic E-state index is 11.7. The summed E-state index contributed by atoms with van der Waals surface area (Å²) in [7, 11) is 0. The van der Waals surface area contributed by atoms with E-state index in [1.165, 1.54) is 0 Å². The SMILES string of the molecule is CCOC(=O)C(C)(N)CCN1CCN(C(C)(C)C)CC1. The molecule has 0 amide bonds. The molecule has 0 radical (unpaired) electrons. The molecular formula is C15H31N3O2. The van der Waals surface area contributed by atoms with E-state index < -0.39 is 5.54 Å². The Morgan fingerprint density at radius 1 is 1.15 bits per heavy atom. The smallest absolute Gasteiger partial charge is 0.325 e. The molecule has 1 heterocycles. The molecule has 0 aromatic carbocycles. The minimum absolute atomic E-state index is 0.236. The normalized spacial score (nSPS) is 21.5. The van der Waals surface area contributed by atoms with Crippen molar-refractivity contribution in [3.63, 3.8) is 0 Å². The zero-order chi connectivity index (χ0) is 15.4. The van der Waals surface area contributed by atoms with Crippen molar-refractivity contribution in [2.24, 2.45) is 5.73 Å². The molecule has 0 aromatic rings. The molecule has 5 heteroatoms. The van der Waals surface area contributed by atoms with Crippen LogP contribution in [0, 0.1) is 0 Å². The number of hydrogen-bond donors (Lipinski definition) is 1. The largest absolute Gasteiger partial charge is 0.465 e. The average Bonchev–Trinajstić information content (AvgIpc) is 2.36. The molecule has 1 aliphatic heterocycles. The Labute approximate surface area is 123 Å². The fourth-order valence-corrected chi connectivity index (χ4v) is 2.43. The first-order chi connectivity index (χ1) is 9.16. The summed E-state index contributed by atoms with van der Waals surface area (Å²) < 4.78 is 5.02. The molecule has 0 spiro atoms. The van der Waals surface area contributed by atoms with Gasteiger partial charge in [0.25, 0.3) is 0 Å². The number of nitrogens with zero attached hydrogens (tertiary/aromatic N) is 2. The van der Waals surface area contributed by atoms with Gasteiger partial charge in [0.15, 0.2) is 0 Å². The molecule has 20 heavy (non-hydrogen) atoms. The summed E-state index contributed by atoms with van der Waals surface area (Å²) in [6, 6.07) is 0. The Balaban J connectivity index is 2.36. The molecule has 118 valence electrons. The van der Waals surface area contributed by atoms with Crippen molar-refractivity contribution in [3.05, 3.63) is 0 Å². The van der Waals surface area contributed by atoms with E-state index in [0.29, 0.717) is 13.0 Å². The van der Waals surface area contributed by atoms with Crippen LogP contribution in [0.2, 0.25) is 0 Å². The van der Waals surface area contributed by atoms with Crippen LogP contribution >= 0.6 is 0 Å². The highest BCUT2D eigenvalue weighted by Gasteiger charge is 2.31. The van der Waals surface area contributed by atoms with Gasteiger partial charge >= 0.3 is 5.97 Å². The molecule has 1 unspecified atom stereocenters. The lowest BCUT2D eigenvalue weighted by Crippen LogP contribution is -2.55. The number of piperazine rings is 1. The Kier molecular flexibility index (Phi) is 5.98. The van der Waals surface area contributed by atoms with Crippen LogP contribution in [0.3, 0.4) is 0 Å². The second-order valence-corrected chi connectivity index (χ2v) is 6.89. The van der Waals surface area contributed by atoms with Crippen molar-refractivity contribution in [1.29, 1.82) is 0 Å². The van der Waals surface area contributed by atoms with Gasteiger partial charge in [-0.15, -0.1) is 0 Å². The van der Waals surface area contributed by atoms with Gasteiger partial charge in [-0.25, -0.2) is 0 Å². The van der Waals surface area contributed by atoms with Crippen molar-refractivity contribution < 1.29 is 9.53 Å². The van der Waals surface area contributed by atoms with Gasteiger partial charge in [-0.2, -0.15) is 0 Å². The molecule has 2 N–H and O–H groups in total. The first-order valence-electron chi connectivity index (χ1n) is 7.60. The van der Waals surface area contributed by atoms with E-state index in [9.17, 15) is 4.79 Å². The maximum Gasteiger partial charge on any atom is 0.325 e. The second kappa shape index (κ2) is 6.87. The lowest BCUT2D eigenvalue weighted by atomic mass is 9.98. The summed E-state index contributed by atoms with van der Waals surface area (Å²) in [4.78, 5) is 16.6. The van der Waals surface area contributed by atoms with Gasteiger partial charge in [-0.3, -0.25) is 9.69 Å². The number of rotatable bonds is 5. The number of hydrogen-bond acceptors (Lipinski definition) is 5. The molecule has 1 fully saturated rings. The molecule has 0 aromatic heterocycles. The van der Waals surface area contributed by atoms with E-state index in [1.807, 2.05) is 0 Å². The number of esters is 1. The summed E-state index contributed by atoms with van der Waals surface area (Å²) in [6.07, 6.45) is 0.640. The fourth-order valence-electron chi connectivity index (χ4n) is 2.43. The first-order valence-corrected chi connectivity index (χ1v) is 7.60. The zero-order valence-electron chi connectivity index (χ0n) is 13.7. The highest BCUT2D eigenvalue weighted by Crippen LogP contribution is 2.17. The van der Waals surface area contributed by atoms with Crippen LogP contribution in [0.25, 0.3) is 0 Å². The van der Waals surface area contributed by atoms with Crippen LogP contribution < -0.4 is 5.73 Å². The van der Waals surface area contributed by atoms with Gasteiger partial charge in [0.1, 0.15) is 5.54 Å². The quantitative estimate of drug-likeness (QED) is 0.766. The minimum atomic E-state index is -0.878. The van der Waals surface area contributed by atoms with Crippen LogP contribution in [0.1, 0.15) is 41.0 Å². The first kappa shape index (κ1) is 17.4. The third-order valence-corrected chi connectivity index (χ3v) is 4.01. The Morgan fingerprint density at radius 2 is 1.70 bits per heavy atom. The monoisotopic (exact) mass is 285 g/mol. The molecule has 1 saturated heterocycles. The fraction of sp³-hybridized carbons (Fsp3) is 0.933. The average molecular weight is 285 g/mol. The van der Waals surface area contributed by atoms with Crippen molar-refractivity contribution in [3.8, 4) is 0 Å². The predicted molar refractivity (Wildman–Crippen MR) is 81.6 cm³/mol. The molecule has 1 aliphatic rings. The number of nitrogens with two attached hydrogens (primary N) is 1. The summed E-state index contributed by atoms with van der Waals surface area (Å²) in [5.41, 5.74) is 5.41. The van der Waals surface area contributed by atoms with Crippen molar-refractivity contribution in [2.75, 3.05) is 39.3 Å². The van der Waals surface area contributed by atoms with Crippen LogP contribution in [-0.2, 0) is 9.53 Å². The van der Waals surface area contributed by atoms with Gasteiger partial charge in [-0.1, -0.05) is 0 Å². The molecule has 0 aliphatic carbocycles. The standard InChI is InChI=1S/C15H31N3O2/c1-6-20-13(19)15(5,16)7-8-17-9-11-18(12-10-17)14(2,3)4/h6-12,16H2,1-5H3. The number of ether oxygens (including phenoxy) is 1. The van der Waals surface area contributed by atoms with E-state index in [0.717, 1.165) is 32.7 Å². The van der Waals surface area contributed by atoms with Gasteiger partial charge in [-0.05, 0) is 41.0 Å². The molecule has 0 bridgehead atoms. The third kappa shape index (κ3) is 5.04. The van der Waals surface area contributed by atoms with E-state index in [2.05, 4.69) is 30.6 Å². The van der Waals surface area contributed by atoms with Crippen LogP contribution in [0.5, 0.6) is 0 Å². The molecular weight excluding hydrogens is 254 g/mol. The van der Waals surface area contributed by atoms with Gasteiger partial charge < -0.3 is 15.4 Å². The van der Waals surface area contributed by atoms with Crippen LogP contribution in [0.4, 0.5) is 0 Å². The Morgan fingerprint density at radius 3 is 2.15 bits per heavy atom. The number of carbonyl (C=O) groups is 1. The Bertz CT molecular complexity index is 316.